The van der Waals surface area contributed by atoms with Crippen molar-refractivity contribution < 1.29 is 33.3 Å². The average Bonchev–Trinajstić information content (AvgIpc) is 2.95. The van der Waals surface area contributed by atoms with Crippen LogP contribution in [0.25, 0.3) is 0 Å². The lowest BCUT2D eigenvalue weighted by molar-refractivity contribution is -0.384. The van der Waals surface area contributed by atoms with E-state index in [0.717, 1.165) is 12.2 Å². The lowest BCUT2D eigenvalue weighted by Gasteiger charge is -2.09. The number of benzene rings is 2. The molecule has 2 rings (SSSR count). The van der Waals surface area contributed by atoms with E-state index in [1.807, 2.05) is 12.1 Å². The number of nitro benzene ring substituents is 1. The topological polar surface area (TPSA) is 98.5 Å². The standard InChI is InChI=1S/C30H45NO8/c1-2-3-4-5-6-7-8-27-9-13-29(14-10-27)38-25-23-36-21-19-34-17-18-35-20-22-37-24-26-39-30-15-11-28(12-16-30)31(32)33/h9-16H,2-8,17-26H2,1H3. The molecule has 0 unspecified atom stereocenters. The molecule has 9 heteroatoms. The van der Waals surface area contributed by atoms with Gasteiger partial charge in [0.15, 0.2) is 0 Å². The van der Waals surface area contributed by atoms with Gasteiger partial charge in [0.05, 0.1) is 57.8 Å². The normalized spacial score (nSPS) is 11.0. The van der Waals surface area contributed by atoms with E-state index in [0.29, 0.717) is 71.8 Å². The van der Waals surface area contributed by atoms with E-state index in [9.17, 15) is 10.1 Å². The zero-order valence-corrected chi connectivity index (χ0v) is 23.4. The van der Waals surface area contributed by atoms with Crippen LogP contribution in [0.15, 0.2) is 48.5 Å². The fourth-order valence-corrected chi connectivity index (χ4v) is 3.72. The molecule has 39 heavy (non-hydrogen) atoms. The summed E-state index contributed by atoms with van der Waals surface area (Å²) in [4.78, 5) is 10.2. The molecule has 2 aromatic carbocycles. The van der Waals surface area contributed by atoms with Crippen molar-refractivity contribution in [2.45, 2.75) is 51.9 Å². The number of hydrogen-bond donors (Lipinski definition) is 0. The van der Waals surface area contributed by atoms with Crippen LogP contribution < -0.4 is 9.47 Å². The van der Waals surface area contributed by atoms with E-state index < -0.39 is 4.92 Å². The van der Waals surface area contributed by atoms with E-state index in [4.69, 9.17) is 28.4 Å². The molecule has 2 aromatic rings. The fraction of sp³-hybridized carbons (Fsp3) is 0.600. The van der Waals surface area contributed by atoms with E-state index in [-0.39, 0.29) is 5.69 Å². The second-order valence-electron chi connectivity index (χ2n) is 9.06. The molecule has 0 aliphatic carbocycles. The minimum Gasteiger partial charge on any atom is -0.491 e. The first-order chi connectivity index (χ1) is 19.2. The number of nitrogens with zero attached hydrogens (tertiary/aromatic N) is 1. The van der Waals surface area contributed by atoms with Crippen molar-refractivity contribution in [1.82, 2.24) is 0 Å². The molecule has 0 atom stereocenters. The average molecular weight is 548 g/mol. The Balaban J connectivity index is 1.31. The predicted molar refractivity (Wildman–Crippen MR) is 151 cm³/mol. The second kappa shape index (κ2) is 22.1. The second-order valence-corrected chi connectivity index (χ2v) is 9.06. The van der Waals surface area contributed by atoms with E-state index in [2.05, 4.69) is 19.1 Å². The highest BCUT2D eigenvalue weighted by Crippen LogP contribution is 2.17. The van der Waals surface area contributed by atoms with Crippen molar-refractivity contribution in [2.24, 2.45) is 0 Å². The molecule has 0 aromatic heterocycles. The smallest absolute Gasteiger partial charge is 0.269 e. The van der Waals surface area contributed by atoms with Crippen LogP contribution in [0.1, 0.15) is 51.0 Å². The first-order valence-electron chi connectivity index (χ1n) is 14.1. The number of ether oxygens (including phenoxy) is 6. The summed E-state index contributed by atoms with van der Waals surface area (Å²) >= 11 is 0. The van der Waals surface area contributed by atoms with E-state index in [1.165, 1.54) is 56.2 Å². The maximum atomic E-state index is 10.6. The van der Waals surface area contributed by atoms with E-state index in [1.54, 1.807) is 12.1 Å². The Kier molecular flexibility index (Phi) is 18.4. The maximum Gasteiger partial charge on any atom is 0.269 e. The molecular weight excluding hydrogens is 502 g/mol. The molecule has 0 saturated carbocycles. The molecule has 0 saturated heterocycles. The number of rotatable bonds is 25. The zero-order chi connectivity index (χ0) is 27.8. The third-order valence-electron chi connectivity index (χ3n) is 5.90. The highest BCUT2D eigenvalue weighted by Gasteiger charge is 2.04. The first-order valence-corrected chi connectivity index (χ1v) is 14.1. The highest BCUT2D eigenvalue weighted by molar-refractivity contribution is 5.35. The van der Waals surface area contributed by atoms with Crippen LogP contribution >= 0.6 is 0 Å². The number of non-ortho nitro benzene ring substituents is 1. The molecule has 0 spiro atoms. The van der Waals surface area contributed by atoms with Crippen LogP contribution in [0.2, 0.25) is 0 Å². The van der Waals surface area contributed by atoms with Crippen molar-refractivity contribution in [3.05, 3.63) is 64.2 Å². The van der Waals surface area contributed by atoms with Crippen molar-refractivity contribution in [1.29, 1.82) is 0 Å². The van der Waals surface area contributed by atoms with Crippen LogP contribution in [0, 0.1) is 10.1 Å². The summed E-state index contributed by atoms with van der Waals surface area (Å²) in [6.07, 6.45) is 9.06. The van der Waals surface area contributed by atoms with Crippen LogP contribution in [-0.4, -0.2) is 71.0 Å². The predicted octanol–water partition coefficient (Wildman–Crippen LogP) is 6.02. The summed E-state index contributed by atoms with van der Waals surface area (Å²) in [6.45, 7) is 6.96. The van der Waals surface area contributed by atoms with Crippen LogP contribution in [0.4, 0.5) is 5.69 Å². The Morgan fingerprint density at radius 3 is 1.44 bits per heavy atom. The minimum atomic E-state index is -0.444. The van der Waals surface area contributed by atoms with Crippen molar-refractivity contribution in [3.8, 4) is 11.5 Å². The van der Waals surface area contributed by atoms with Crippen molar-refractivity contribution in [3.63, 3.8) is 0 Å². The van der Waals surface area contributed by atoms with Gasteiger partial charge < -0.3 is 28.4 Å². The Hall–Kier alpha value is -2.72. The first kappa shape index (κ1) is 32.5. The van der Waals surface area contributed by atoms with Crippen LogP contribution in [-0.2, 0) is 25.4 Å². The number of unbranched alkanes of at least 4 members (excludes halogenated alkanes) is 5. The lowest BCUT2D eigenvalue weighted by atomic mass is 10.0. The quantitative estimate of drug-likeness (QED) is 0.0845. The molecule has 0 heterocycles. The van der Waals surface area contributed by atoms with Gasteiger partial charge in [-0.2, -0.15) is 0 Å². The molecule has 0 aliphatic rings. The monoisotopic (exact) mass is 547 g/mol. The fourth-order valence-electron chi connectivity index (χ4n) is 3.72. The Morgan fingerprint density at radius 1 is 0.564 bits per heavy atom. The Labute approximate surface area is 232 Å². The zero-order valence-electron chi connectivity index (χ0n) is 23.4. The van der Waals surface area contributed by atoms with Gasteiger partial charge in [-0.3, -0.25) is 10.1 Å². The lowest BCUT2D eigenvalue weighted by Crippen LogP contribution is -2.14. The molecule has 0 fully saturated rings. The largest absolute Gasteiger partial charge is 0.491 e. The Morgan fingerprint density at radius 2 is 0.974 bits per heavy atom. The molecule has 0 aliphatic heterocycles. The molecule has 9 nitrogen and oxygen atoms in total. The van der Waals surface area contributed by atoms with Crippen molar-refractivity contribution >= 4 is 5.69 Å². The molecule has 218 valence electrons. The maximum absolute atomic E-state index is 10.6. The number of aryl methyl sites for hydroxylation is 1. The van der Waals surface area contributed by atoms with E-state index >= 15 is 0 Å². The van der Waals surface area contributed by atoms with Gasteiger partial charge in [-0.25, -0.2) is 0 Å². The molecule has 0 amide bonds. The summed E-state index contributed by atoms with van der Waals surface area (Å²) in [5.74, 6) is 1.44. The van der Waals surface area contributed by atoms with Gasteiger partial charge in [-0.15, -0.1) is 0 Å². The number of hydrogen-bond acceptors (Lipinski definition) is 8. The third kappa shape index (κ3) is 16.8. The molecule has 0 N–H and O–H groups in total. The summed E-state index contributed by atoms with van der Waals surface area (Å²) in [5.41, 5.74) is 1.40. The molecule has 0 radical (unpaired) electrons. The van der Waals surface area contributed by atoms with Gasteiger partial charge in [0.25, 0.3) is 5.69 Å². The van der Waals surface area contributed by atoms with Crippen LogP contribution in [0.3, 0.4) is 0 Å². The highest BCUT2D eigenvalue weighted by atomic mass is 16.6. The van der Waals surface area contributed by atoms with Gasteiger partial charge in [0.2, 0.25) is 0 Å². The van der Waals surface area contributed by atoms with Gasteiger partial charge >= 0.3 is 0 Å². The molecule has 0 bridgehead atoms. The molecular formula is C30H45NO8. The van der Waals surface area contributed by atoms with Gasteiger partial charge in [-0.1, -0.05) is 51.2 Å². The van der Waals surface area contributed by atoms with Crippen molar-refractivity contribution in [2.75, 3.05) is 66.1 Å². The van der Waals surface area contributed by atoms with Gasteiger partial charge in [0.1, 0.15) is 24.7 Å². The summed E-state index contributed by atoms with van der Waals surface area (Å²) in [5, 5.41) is 10.6. The van der Waals surface area contributed by atoms with Gasteiger partial charge in [0, 0.05) is 12.1 Å². The third-order valence-corrected chi connectivity index (χ3v) is 5.90. The SMILES string of the molecule is CCCCCCCCc1ccc(OCCOCCOCCOCCOCCOc2ccc([N+](=O)[O-])cc2)cc1. The summed E-state index contributed by atoms with van der Waals surface area (Å²) < 4.78 is 33.2. The number of nitro groups is 1. The summed E-state index contributed by atoms with van der Waals surface area (Å²) in [6, 6.07) is 14.3. The van der Waals surface area contributed by atoms with Gasteiger partial charge in [-0.05, 0) is 42.7 Å². The Bertz CT molecular complexity index is 860. The summed E-state index contributed by atoms with van der Waals surface area (Å²) in [7, 11) is 0. The van der Waals surface area contributed by atoms with Crippen LogP contribution in [0.5, 0.6) is 11.5 Å². The minimum absolute atomic E-state index is 0.0348.